The molecule has 0 saturated carbocycles. The summed E-state index contributed by atoms with van der Waals surface area (Å²) in [4.78, 5) is 8.32. The van der Waals surface area contributed by atoms with E-state index in [9.17, 15) is 0 Å². The summed E-state index contributed by atoms with van der Waals surface area (Å²) in [6, 6.07) is 18.7. The van der Waals surface area contributed by atoms with Crippen LogP contribution in [-0.4, -0.2) is 11.5 Å². The van der Waals surface area contributed by atoms with Crippen molar-refractivity contribution in [2.45, 2.75) is 19.4 Å². The van der Waals surface area contributed by atoms with Gasteiger partial charge in [0.1, 0.15) is 5.76 Å². The maximum absolute atomic E-state index is 5.96. The molecule has 2 N–H and O–H groups in total. The van der Waals surface area contributed by atoms with Crippen LogP contribution in [0.1, 0.15) is 21.6 Å². The monoisotopic (exact) mass is 387 g/mol. The van der Waals surface area contributed by atoms with E-state index in [-0.39, 0.29) is 0 Å². The Morgan fingerprint density at radius 1 is 1.07 bits per heavy atom. The van der Waals surface area contributed by atoms with Gasteiger partial charge in [0.05, 0.1) is 6.26 Å². The molecule has 28 heavy (non-hydrogen) atoms. The number of thiazole rings is 1. The van der Waals surface area contributed by atoms with Crippen molar-refractivity contribution in [2.75, 3.05) is 17.2 Å². The van der Waals surface area contributed by atoms with E-state index in [0.29, 0.717) is 0 Å². The van der Waals surface area contributed by atoms with Gasteiger partial charge in [-0.3, -0.25) is 0 Å². The lowest BCUT2D eigenvalue weighted by molar-refractivity contribution is 0.582. The minimum atomic E-state index is 0.832. The summed E-state index contributed by atoms with van der Waals surface area (Å²) in [7, 11) is 0. The average Bonchev–Trinajstić information content (AvgIpc) is 3.40. The van der Waals surface area contributed by atoms with Crippen LogP contribution in [0.15, 0.2) is 71.5 Å². The number of anilines is 2. The van der Waals surface area contributed by atoms with E-state index in [2.05, 4.69) is 46.3 Å². The van der Waals surface area contributed by atoms with Crippen LogP contribution in [0.4, 0.5) is 10.8 Å². The van der Waals surface area contributed by atoms with Crippen LogP contribution in [0.5, 0.6) is 0 Å². The van der Waals surface area contributed by atoms with Crippen LogP contribution in [0.25, 0.3) is 11.3 Å². The standard InChI is InChI=1S/C23H21N3OS/c24-20-8-7-17-9-10-26(15-19(17)13-20)23-25-14-21(28-23)12-16-3-5-18(6-4-16)22-2-1-11-27-22/h1-8,11,13-14H,9-10,12,15,24H2. The molecule has 4 nitrogen and oxygen atoms in total. The second kappa shape index (κ2) is 7.17. The molecule has 2 aromatic heterocycles. The van der Waals surface area contributed by atoms with Gasteiger partial charge in [0.2, 0.25) is 0 Å². The van der Waals surface area contributed by atoms with Crippen molar-refractivity contribution in [1.82, 2.24) is 4.98 Å². The Balaban J connectivity index is 1.29. The number of furan rings is 1. The molecule has 0 spiro atoms. The molecule has 0 aliphatic carbocycles. The minimum absolute atomic E-state index is 0.832. The van der Waals surface area contributed by atoms with Crippen molar-refractivity contribution in [3.05, 3.63) is 88.6 Å². The van der Waals surface area contributed by atoms with Gasteiger partial charge in [-0.1, -0.05) is 30.3 Å². The highest BCUT2D eigenvalue weighted by atomic mass is 32.1. The van der Waals surface area contributed by atoms with E-state index in [1.165, 1.54) is 21.6 Å². The summed E-state index contributed by atoms with van der Waals surface area (Å²) >= 11 is 1.78. The lowest BCUT2D eigenvalue weighted by atomic mass is 9.99. The Morgan fingerprint density at radius 3 is 2.79 bits per heavy atom. The quantitative estimate of drug-likeness (QED) is 0.493. The number of aromatic nitrogens is 1. The summed E-state index contributed by atoms with van der Waals surface area (Å²) in [5.74, 6) is 0.901. The van der Waals surface area contributed by atoms with E-state index in [0.717, 1.165) is 48.1 Å². The first-order chi connectivity index (χ1) is 13.7. The molecular formula is C23H21N3OS. The first-order valence-corrected chi connectivity index (χ1v) is 10.3. The zero-order valence-corrected chi connectivity index (χ0v) is 16.3. The number of nitrogens with zero attached hydrogens (tertiary/aromatic N) is 2. The third-order valence-corrected chi connectivity index (χ3v) is 6.25. The SMILES string of the molecule is Nc1ccc2c(c1)CN(c1ncc(Cc3ccc(-c4ccco4)cc3)s1)CC2. The van der Waals surface area contributed by atoms with E-state index in [1.807, 2.05) is 24.4 Å². The number of nitrogens with two attached hydrogens (primary N) is 1. The number of hydrogen-bond donors (Lipinski definition) is 1. The van der Waals surface area contributed by atoms with Gasteiger partial charge in [-0.15, -0.1) is 11.3 Å². The molecule has 5 rings (SSSR count). The molecule has 5 heteroatoms. The number of nitrogen functional groups attached to an aromatic ring is 1. The second-order valence-electron chi connectivity index (χ2n) is 7.16. The number of hydrogen-bond acceptors (Lipinski definition) is 5. The van der Waals surface area contributed by atoms with Crippen molar-refractivity contribution >= 4 is 22.2 Å². The predicted octanol–water partition coefficient (Wildman–Crippen LogP) is 5.14. The number of rotatable bonds is 4. The molecule has 4 aromatic rings. The largest absolute Gasteiger partial charge is 0.464 e. The molecule has 1 aliphatic rings. The van der Waals surface area contributed by atoms with Crippen LogP contribution < -0.4 is 10.6 Å². The zero-order chi connectivity index (χ0) is 18.9. The minimum Gasteiger partial charge on any atom is -0.464 e. The fourth-order valence-electron chi connectivity index (χ4n) is 3.70. The van der Waals surface area contributed by atoms with Crippen LogP contribution >= 0.6 is 11.3 Å². The highest BCUT2D eigenvalue weighted by Gasteiger charge is 2.19. The van der Waals surface area contributed by atoms with Crippen molar-refractivity contribution in [3.8, 4) is 11.3 Å². The molecule has 140 valence electrons. The van der Waals surface area contributed by atoms with E-state index < -0.39 is 0 Å². The van der Waals surface area contributed by atoms with Crippen molar-refractivity contribution < 1.29 is 4.42 Å². The maximum atomic E-state index is 5.96. The second-order valence-corrected chi connectivity index (χ2v) is 8.25. The summed E-state index contributed by atoms with van der Waals surface area (Å²) in [6.07, 6.45) is 5.65. The van der Waals surface area contributed by atoms with Crippen LogP contribution in [0.3, 0.4) is 0 Å². The Bertz CT molecular complexity index is 1080. The van der Waals surface area contributed by atoms with Crippen LogP contribution in [0.2, 0.25) is 0 Å². The Labute approximate surface area is 168 Å². The first kappa shape index (κ1) is 17.1. The molecule has 0 fully saturated rings. The normalized spacial score (nSPS) is 13.5. The van der Waals surface area contributed by atoms with E-state index in [1.54, 1.807) is 17.6 Å². The summed E-state index contributed by atoms with van der Waals surface area (Å²) in [5, 5.41) is 1.09. The maximum Gasteiger partial charge on any atom is 0.185 e. The van der Waals surface area contributed by atoms with E-state index >= 15 is 0 Å². The van der Waals surface area contributed by atoms with Crippen LogP contribution in [-0.2, 0) is 19.4 Å². The van der Waals surface area contributed by atoms with Gasteiger partial charge in [0.25, 0.3) is 0 Å². The molecule has 2 aromatic carbocycles. The third-order valence-electron chi connectivity index (χ3n) is 5.19. The van der Waals surface area contributed by atoms with Gasteiger partial charge in [-0.2, -0.15) is 0 Å². The number of benzene rings is 2. The molecule has 0 saturated heterocycles. The Kier molecular flexibility index (Phi) is 4.37. The molecule has 0 unspecified atom stereocenters. The predicted molar refractivity (Wildman–Crippen MR) is 115 cm³/mol. The van der Waals surface area contributed by atoms with Crippen molar-refractivity contribution in [1.29, 1.82) is 0 Å². The molecule has 0 atom stereocenters. The fourth-order valence-corrected chi connectivity index (χ4v) is 4.67. The highest BCUT2D eigenvalue weighted by molar-refractivity contribution is 7.15. The first-order valence-electron chi connectivity index (χ1n) is 9.44. The van der Waals surface area contributed by atoms with Crippen molar-refractivity contribution in [3.63, 3.8) is 0 Å². The fraction of sp³-hybridized carbons (Fsp3) is 0.174. The summed E-state index contributed by atoms with van der Waals surface area (Å²) in [5.41, 5.74) is 11.9. The zero-order valence-electron chi connectivity index (χ0n) is 15.5. The molecule has 0 bridgehead atoms. The molecule has 0 radical (unpaired) electrons. The van der Waals surface area contributed by atoms with Gasteiger partial charge in [0, 0.05) is 41.8 Å². The summed E-state index contributed by atoms with van der Waals surface area (Å²) < 4.78 is 5.46. The lowest BCUT2D eigenvalue weighted by Gasteiger charge is -2.28. The third kappa shape index (κ3) is 3.41. The lowest BCUT2D eigenvalue weighted by Crippen LogP contribution is -2.30. The van der Waals surface area contributed by atoms with Gasteiger partial charge in [-0.05, 0) is 47.4 Å². The molecular weight excluding hydrogens is 366 g/mol. The highest BCUT2D eigenvalue weighted by Crippen LogP contribution is 2.30. The molecule has 3 heterocycles. The Morgan fingerprint density at radius 2 is 1.96 bits per heavy atom. The average molecular weight is 388 g/mol. The van der Waals surface area contributed by atoms with Crippen molar-refractivity contribution in [2.24, 2.45) is 0 Å². The van der Waals surface area contributed by atoms with Gasteiger partial charge in [0.15, 0.2) is 5.13 Å². The number of fused-ring (bicyclic) bond motifs is 1. The van der Waals surface area contributed by atoms with E-state index in [4.69, 9.17) is 10.2 Å². The smallest absolute Gasteiger partial charge is 0.185 e. The summed E-state index contributed by atoms with van der Waals surface area (Å²) in [6.45, 7) is 1.88. The molecule has 1 aliphatic heterocycles. The van der Waals surface area contributed by atoms with Gasteiger partial charge < -0.3 is 15.1 Å². The van der Waals surface area contributed by atoms with Gasteiger partial charge in [-0.25, -0.2) is 4.98 Å². The topological polar surface area (TPSA) is 55.3 Å². The Hall–Kier alpha value is -3.05. The molecule has 0 amide bonds. The van der Waals surface area contributed by atoms with Gasteiger partial charge >= 0.3 is 0 Å². The van der Waals surface area contributed by atoms with Crippen LogP contribution in [0, 0.1) is 0 Å².